The van der Waals surface area contributed by atoms with Gasteiger partial charge >= 0.3 is 0 Å². The second-order valence-corrected chi connectivity index (χ2v) is 10.8. The Balaban J connectivity index is 1.30. The molecule has 0 atom stereocenters. The summed E-state index contributed by atoms with van der Waals surface area (Å²) in [6, 6.07) is 13.5. The van der Waals surface area contributed by atoms with Gasteiger partial charge in [-0.3, -0.25) is 4.90 Å². The highest BCUT2D eigenvalue weighted by atomic mass is 32.2. The molecule has 0 spiro atoms. The molecule has 188 valence electrons. The molecule has 2 saturated heterocycles. The van der Waals surface area contributed by atoms with Gasteiger partial charge in [0, 0.05) is 51.5 Å². The van der Waals surface area contributed by atoms with Gasteiger partial charge in [0.1, 0.15) is 11.6 Å². The van der Waals surface area contributed by atoms with Crippen LogP contribution in [0.15, 0.2) is 47.4 Å². The van der Waals surface area contributed by atoms with E-state index in [2.05, 4.69) is 33.4 Å². The van der Waals surface area contributed by atoms with Crippen LogP contribution in [0.2, 0.25) is 0 Å². The van der Waals surface area contributed by atoms with Crippen molar-refractivity contribution in [3.8, 4) is 5.75 Å². The molecular weight excluding hydrogens is 466 g/mol. The Hall–Kier alpha value is -2.66. The Bertz CT molecular complexity index is 1260. The van der Waals surface area contributed by atoms with E-state index >= 15 is 0 Å². The third-order valence-electron chi connectivity index (χ3n) is 6.90. The van der Waals surface area contributed by atoms with Crippen molar-refractivity contribution in [2.45, 2.75) is 24.9 Å². The zero-order valence-corrected chi connectivity index (χ0v) is 21.2. The van der Waals surface area contributed by atoms with Gasteiger partial charge in [-0.25, -0.2) is 13.4 Å². The number of hydrogen-bond acceptors (Lipinski definition) is 7. The number of rotatable bonds is 7. The number of imidazole rings is 1. The number of sulfonamides is 1. The molecule has 9 nitrogen and oxygen atoms in total. The molecule has 0 unspecified atom stereocenters. The highest BCUT2D eigenvalue weighted by Gasteiger charge is 2.27. The molecule has 10 heteroatoms. The van der Waals surface area contributed by atoms with E-state index in [1.165, 1.54) is 9.99 Å². The zero-order valence-electron chi connectivity index (χ0n) is 20.4. The van der Waals surface area contributed by atoms with E-state index in [1.54, 1.807) is 19.2 Å². The average molecular weight is 500 g/mol. The minimum atomic E-state index is -3.55. The molecule has 2 fully saturated rings. The van der Waals surface area contributed by atoms with Crippen molar-refractivity contribution in [1.29, 1.82) is 0 Å². The second kappa shape index (κ2) is 10.1. The first kappa shape index (κ1) is 24.1. The fraction of sp³-hybridized carbons (Fsp3) is 0.480. The summed E-state index contributed by atoms with van der Waals surface area (Å²) in [6.45, 7) is 9.04. The largest absolute Gasteiger partial charge is 0.497 e. The molecule has 0 radical (unpaired) electrons. The maximum atomic E-state index is 13.1. The van der Waals surface area contributed by atoms with Crippen molar-refractivity contribution >= 4 is 26.7 Å². The van der Waals surface area contributed by atoms with Crippen molar-refractivity contribution < 1.29 is 17.9 Å². The van der Waals surface area contributed by atoms with Crippen LogP contribution in [0.3, 0.4) is 0 Å². The number of hydrogen-bond donors (Lipinski definition) is 0. The summed E-state index contributed by atoms with van der Waals surface area (Å²) in [4.78, 5) is 9.98. The Kier molecular flexibility index (Phi) is 6.97. The lowest BCUT2D eigenvalue weighted by molar-refractivity contribution is 0.0730. The van der Waals surface area contributed by atoms with E-state index in [1.807, 2.05) is 18.2 Å². The number of benzene rings is 2. The monoisotopic (exact) mass is 499 g/mol. The molecule has 1 aromatic heterocycles. The number of methoxy groups -OCH3 is 1. The van der Waals surface area contributed by atoms with Gasteiger partial charge < -0.3 is 18.9 Å². The topological polar surface area (TPSA) is 80.1 Å². The Morgan fingerprint density at radius 1 is 0.971 bits per heavy atom. The summed E-state index contributed by atoms with van der Waals surface area (Å²) >= 11 is 0. The fourth-order valence-corrected chi connectivity index (χ4v) is 6.32. The molecule has 2 aliphatic heterocycles. The summed E-state index contributed by atoms with van der Waals surface area (Å²) in [5.74, 6) is 1.84. The van der Waals surface area contributed by atoms with E-state index < -0.39 is 10.0 Å². The predicted molar refractivity (Wildman–Crippen MR) is 135 cm³/mol. The van der Waals surface area contributed by atoms with Crippen molar-refractivity contribution in [3.63, 3.8) is 0 Å². The number of nitrogens with zero attached hydrogens (tertiary/aromatic N) is 5. The van der Waals surface area contributed by atoms with Gasteiger partial charge in [0.2, 0.25) is 10.0 Å². The van der Waals surface area contributed by atoms with Gasteiger partial charge in [-0.1, -0.05) is 0 Å². The number of ether oxygens (including phenoxy) is 2. The number of anilines is 1. The van der Waals surface area contributed by atoms with Crippen LogP contribution >= 0.6 is 0 Å². The first-order valence-corrected chi connectivity index (χ1v) is 13.6. The first-order chi connectivity index (χ1) is 17.0. The van der Waals surface area contributed by atoms with Gasteiger partial charge in [0.05, 0.1) is 42.8 Å². The summed E-state index contributed by atoms with van der Waals surface area (Å²) in [5, 5.41) is 0. The molecule has 3 heterocycles. The van der Waals surface area contributed by atoms with Crippen molar-refractivity contribution in [1.82, 2.24) is 18.8 Å². The van der Waals surface area contributed by atoms with Crippen LogP contribution in [0.1, 0.15) is 12.7 Å². The summed E-state index contributed by atoms with van der Waals surface area (Å²) < 4.78 is 40.5. The van der Waals surface area contributed by atoms with Gasteiger partial charge in [-0.2, -0.15) is 4.31 Å². The molecule has 35 heavy (non-hydrogen) atoms. The molecule has 5 rings (SSSR count). The highest BCUT2D eigenvalue weighted by molar-refractivity contribution is 7.89. The van der Waals surface area contributed by atoms with Crippen LogP contribution in [0, 0.1) is 0 Å². The maximum Gasteiger partial charge on any atom is 0.243 e. The Morgan fingerprint density at radius 3 is 2.34 bits per heavy atom. The second-order valence-electron chi connectivity index (χ2n) is 8.90. The number of aromatic nitrogens is 2. The van der Waals surface area contributed by atoms with Crippen molar-refractivity contribution in [3.05, 3.63) is 48.3 Å². The van der Waals surface area contributed by atoms with E-state index in [4.69, 9.17) is 14.5 Å². The normalized spacial score (nSPS) is 18.3. The molecule has 2 aromatic carbocycles. The third-order valence-corrected chi connectivity index (χ3v) is 8.79. The summed E-state index contributed by atoms with van der Waals surface area (Å²) in [6.07, 6.45) is 0. The average Bonchev–Trinajstić information content (AvgIpc) is 3.25. The fourth-order valence-electron chi connectivity index (χ4n) is 4.89. The van der Waals surface area contributed by atoms with Crippen LogP contribution in [-0.4, -0.2) is 86.8 Å². The van der Waals surface area contributed by atoms with Gasteiger partial charge in [-0.05, 0) is 49.4 Å². The van der Waals surface area contributed by atoms with Crippen LogP contribution in [-0.2, 0) is 27.8 Å². The van der Waals surface area contributed by atoms with Crippen molar-refractivity contribution in [2.24, 2.45) is 0 Å². The summed E-state index contributed by atoms with van der Waals surface area (Å²) in [7, 11) is -1.87. The quantitative estimate of drug-likeness (QED) is 0.494. The number of piperazine rings is 1. The van der Waals surface area contributed by atoms with E-state index in [-0.39, 0.29) is 0 Å². The molecule has 3 aromatic rings. The molecule has 0 aliphatic carbocycles. The SMILES string of the molecule is CCn1c(CN2CCN(c3ccc(OC)cc3)CC2)nc2cc(S(=O)(=O)N3CCOCC3)ccc21. The van der Waals surface area contributed by atoms with Gasteiger partial charge in [0.25, 0.3) is 0 Å². The molecule has 2 aliphatic rings. The number of aryl methyl sites for hydroxylation is 1. The van der Waals surface area contributed by atoms with Crippen molar-refractivity contribution in [2.75, 3.05) is 64.5 Å². The molecular formula is C25H33N5O4S. The van der Waals surface area contributed by atoms with Crippen LogP contribution in [0.25, 0.3) is 11.0 Å². The first-order valence-electron chi connectivity index (χ1n) is 12.2. The van der Waals surface area contributed by atoms with E-state index in [9.17, 15) is 8.42 Å². The Morgan fingerprint density at radius 2 is 1.69 bits per heavy atom. The maximum absolute atomic E-state index is 13.1. The van der Waals surface area contributed by atoms with Crippen LogP contribution < -0.4 is 9.64 Å². The van der Waals surface area contributed by atoms with Crippen LogP contribution in [0.5, 0.6) is 5.75 Å². The standard InChI is InChI=1S/C25H33N5O4S/c1-3-30-24-9-8-22(35(31,32)29-14-16-34-17-15-29)18-23(24)26-25(30)19-27-10-12-28(13-11-27)20-4-6-21(33-2)7-5-20/h4-9,18H,3,10-17,19H2,1-2H3. The third kappa shape index (κ3) is 4.88. The zero-order chi connectivity index (χ0) is 24.4. The van der Waals surface area contributed by atoms with Gasteiger partial charge in [0.15, 0.2) is 0 Å². The minimum Gasteiger partial charge on any atom is -0.497 e. The lowest BCUT2D eigenvalue weighted by atomic mass is 10.2. The predicted octanol–water partition coefficient (Wildman–Crippen LogP) is 2.41. The number of fused-ring (bicyclic) bond motifs is 1. The Labute approximate surface area is 206 Å². The molecule has 0 amide bonds. The lowest BCUT2D eigenvalue weighted by Crippen LogP contribution is -2.46. The molecule has 0 N–H and O–H groups in total. The molecule has 0 bridgehead atoms. The van der Waals surface area contributed by atoms with Gasteiger partial charge in [-0.15, -0.1) is 0 Å². The number of morpholine rings is 1. The van der Waals surface area contributed by atoms with Crippen LogP contribution in [0.4, 0.5) is 5.69 Å². The van der Waals surface area contributed by atoms with E-state index in [0.29, 0.717) is 31.2 Å². The minimum absolute atomic E-state index is 0.298. The lowest BCUT2D eigenvalue weighted by Gasteiger charge is -2.36. The molecule has 0 saturated carbocycles. The summed E-state index contributed by atoms with van der Waals surface area (Å²) in [5.41, 5.74) is 2.91. The highest BCUT2D eigenvalue weighted by Crippen LogP contribution is 2.25. The smallest absolute Gasteiger partial charge is 0.243 e. The van der Waals surface area contributed by atoms with E-state index in [0.717, 1.165) is 61.9 Å².